The van der Waals surface area contributed by atoms with Gasteiger partial charge in [0, 0.05) is 11.6 Å². The molecule has 1 fully saturated rings. The van der Waals surface area contributed by atoms with E-state index in [2.05, 4.69) is 21.7 Å². The monoisotopic (exact) mass is 270 g/mol. The normalized spacial score (nSPS) is 16.1. The Morgan fingerprint density at radius 2 is 2.30 bits per heavy atom. The SMILES string of the molecule is CC(Cc1cccc(-c2cncn2C2CC2)c1)C(=O)O. The third-order valence-corrected chi connectivity index (χ3v) is 3.79. The lowest BCUT2D eigenvalue weighted by Gasteiger charge is -2.10. The van der Waals surface area contributed by atoms with Crippen molar-refractivity contribution in [1.82, 2.24) is 9.55 Å². The Morgan fingerprint density at radius 1 is 1.50 bits per heavy atom. The number of aliphatic carboxylic acids is 1. The Bertz CT molecular complexity index is 629. The Balaban J connectivity index is 1.87. The van der Waals surface area contributed by atoms with Gasteiger partial charge in [-0.15, -0.1) is 0 Å². The summed E-state index contributed by atoms with van der Waals surface area (Å²) in [5.74, 6) is -1.11. The summed E-state index contributed by atoms with van der Waals surface area (Å²) in [5, 5.41) is 9.01. The first-order chi connectivity index (χ1) is 9.65. The van der Waals surface area contributed by atoms with Gasteiger partial charge in [0.25, 0.3) is 0 Å². The maximum absolute atomic E-state index is 11.0. The molecule has 0 aliphatic heterocycles. The number of carbonyl (C=O) groups is 1. The fraction of sp³-hybridized carbons (Fsp3) is 0.375. The van der Waals surface area contributed by atoms with Crippen molar-refractivity contribution < 1.29 is 9.90 Å². The number of hydrogen-bond acceptors (Lipinski definition) is 2. The summed E-state index contributed by atoms with van der Waals surface area (Å²) in [6, 6.07) is 8.71. The second-order valence-electron chi connectivity index (χ2n) is 5.56. The fourth-order valence-electron chi connectivity index (χ4n) is 2.47. The molecule has 0 amide bonds. The molecule has 3 rings (SSSR count). The highest BCUT2D eigenvalue weighted by Gasteiger charge is 2.25. The highest BCUT2D eigenvalue weighted by atomic mass is 16.4. The van der Waals surface area contributed by atoms with Gasteiger partial charge in [0.1, 0.15) is 0 Å². The Hall–Kier alpha value is -2.10. The predicted octanol–water partition coefficient (Wildman–Crippen LogP) is 3.15. The number of nitrogens with zero attached hydrogens (tertiary/aromatic N) is 2. The van der Waals surface area contributed by atoms with E-state index in [4.69, 9.17) is 5.11 Å². The van der Waals surface area contributed by atoms with Crippen LogP contribution in [0.4, 0.5) is 0 Å². The van der Waals surface area contributed by atoms with Crippen molar-refractivity contribution >= 4 is 5.97 Å². The van der Waals surface area contributed by atoms with Gasteiger partial charge in [0.2, 0.25) is 0 Å². The van der Waals surface area contributed by atoms with E-state index in [0.717, 1.165) is 16.8 Å². The van der Waals surface area contributed by atoms with E-state index < -0.39 is 5.97 Å². The standard InChI is InChI=1S/C16H18N2O2/c1-11(16(19)20)7-12-3-2-4-13(8-12)15-9-17-10-18(15)14-5-6-14/h2-4,8-11,14H,5-7H2,1H3,(H,19,20). The molecule has 4 heteroatoms. The molecule has 2 aromatic rings. The fourth-order valence-corrected chi connectivity index (χ4v) is 2.47. The maximum Gasteiger partial charge on any atom is 0.306 e. The molecule has 1 atom stereocenters. The largest absolute Gasteiger partial charge is 0.481 e. The number of carboxylic acid groups (broad SMARTS) is 1. The molecule has 1 aliphatic carbocycles. The molecule has 0 saturated heterocycles. The van der Waals surface area contributed by atoms with E-state index in [1.165, 1.54) is 12.8 Å². The van der Waals surface area contributed by atoms with Gasteiger partial charge in [-0.05, 0) is 30.9 Å². The predicted molar refractivity (Wildman–Crippen MR) is 76.4 cm³/mol. The first kappa shape index (κ1) is 12.9. The molecule has 1 aromatic heterocycles. The average Bonchev–Trinajstić information content (AvgIpc) is 3.16. The number of rotatable bonds is 5. The summed E-state index contributed by atoms with van der Waals surface area (Å²) in [6.45, 7) is 1.74. The maximum atomic E-state index is 11.0. The quantitative estimate of drug-likeness (QED) is 0.908. The van der Waals surface area contributed by atoms with E-state index in [1.807, 2.05) is 24.7 Å². The summed E-state index contributed by atoms with van der Waals surface area (Å²) < 4.78 is 2.22. The van der Waals surface area contributed by atoms with Crippen LogP contribution in [-0.4, -0.2) is 20.6 Å². The molecular formula is C16H18N2O2. The Kier molecular flexibility index (Phi) is 3.30. The molecule has 1 unspecified atom stereocenters. The zero-order valence-corrected chi connectivity index (χ0v) is 11.5. The van der Waals surface area contributed by atoms with E-state index in [9.17, 15) is 4.79 Å². The Morgan fingerprint density at radius 3 is 3.00 bits per heavy atom. The van der Waals surface area contributed by atoms with Gasteiger partial charge in [-0.1, -0.05) is 25.1 Å². The van der Waals surface area contributed by atoms with Crippen molar-refractivity contribution in [2.75, 3.05) is 0 Å². The zero-order valence-electron chi connectivity index (χ0n) is 11.5. The highest BCUT2D eigenvalue weighted by Crippen LogP contribution is 2.38. The van der Waals surface area contributed by atoms with Crippen LogP contribution < -0.4 is 0 Å². The number of aromatic nitrogens is 2. The van der Waals surface area contributed by atoms with E-state index in [-0.39, 0.29) is 5.92 Å². The minimum atomic E-state index is -0.751. The van der Waals surface area contributed by atoms with Crippen LogP contribution in [0.3, 0.4) is 0 Å². The average molecular weight is 270 g/mol. The first-order valence-corrected chi connectivity index (χ1v) is 6.99. The van der Waals surface area contributed by atoms with Gasteiger partial charge in [-0.2, -0.15) is 0 Å². The topological polar surface area (TPSA) is 55.1 Å². The second kappa shape index (κ2) is 5.12. The second-order valence-corrected chi connectivity index (χ2v) is 5.56. The molecule has 1 heterocycles. The molecule has 20 heavy (non-hydrogen) atoms. The summed E-state index contributed by atoms with van der Waals surface area (Å²) >= 11 is 0. The minimum Gasteiger partial charge on any atom is -0.481 e. The summed E-state index contributed by atoms with van der Waals surface area (Å²) in [4.78, 5) is 15.2. The van der Waals surface area contributed by atoms with E-state index >= 15 is 0 Å². The molecule has 104 valence electrons. The van der Waals surface area contributed by atoms with Crippen molar-refractivity contribution in [2.24, 2.45) is 5.92 Å². The highest BCUT2D eigenvalue weighted by molar-refractivity contribution is 5.70. The van der Waals surface area contributed by atoms with Crippen LogP contribution in [0.15, 0.2) is 36.8 Å². The van der Waals surface area contributed by atoms with Crippen molar-refractivity contribution in [3.63, 3.8) is 0 Å². The van der Waals surface area contributed by atoms with Crippen LogP contribution in [-0.2, 0) is 11.2 Å². The Labute approximate surface area is 118 Å². The van der Waals surface area contributed by atoms with Crippen LogP contribution in [0.25, 0.3) is 11.3 Å². The number of hydrogen-bond donors (Lipinski definition) is 1. The van der Waals surface area contributed by atoms with Gasteiger partial charge in [-0.3, -0.25) is 4.79 Å². The molecular weight excluding hydrogens is 252 g/mol. The summed E-state index contributed by atoms with van der Waals surface area (Å²) in [7, 11) is 0. The third-order valence-electron chi connectivity index (χ3n) is 3.79. The van der Waals surface area contributed by atoms with Gasteiger partial charge < -0.3 is 9.67 Å². The molecule has 0 spiro atoms. The lowest BCUT2D eigenvalue weighted by Crippen LogP contribution is -2.12. The van der Waals surface area contributed by atoms with Crippen LogP contribution in [0.2, 0.25) is 0 Å². The van der Waals surface area contributed by atoms with Gasteiger partial charge in [0.15, 0.2) is 0 Å². The number of carboxylic acids is 1. The van der Waals surface area contributed by atoms with Gasteiger partial charge in [-0.25, -0.2) is 4.98 Å². The summed E-state index contributed by atoms with van der Waals surface area (Å²) in [5.41, 5.74) is 3.29. The first-order valence-electron chi connectivity index (χ1n) is 6.99. The van der Waals surface area contributed by atoms with Gasteiger partial charge >= 0.3 is 5.97 Å². The van der Waals surface area contributed by atoms with Gasteiger partial charge in [0.05, 0.1) is 24.1 Å². The van der Waals surface area contributed by atoms with Crippen LogP contribution in [0.5, 0.6) is 0 Å². The van der Waals surface area contributed by atoms with Crippen molar-refractivity contribution in [2.45, 2.75) is 32.2 Å². The van der Waals surface area contributed by atoms with E-state index in [0.29, 0.717) is 12.5 Å². The van der Waals surface area contributed by atoms with Crippen molar-refractivity contribution in [3.05, 3.63) is 42.4 Å². The van der Waals surface area contributed by atoms with E-state index in [1.54, 1.807) is 6.92 Å². The van der Waals surface area contributed by atoms with Crippen LogP contribution >= 0.6 is 0 Å². The third kappa shape index (κ3) is 2.59. The zero-order chi connectivity index (χ0) is 14.1. The van der Waals surface area contributed by atoms with Crippen LogP contribution in [0.1, 0.15) is 31.4 Å². The molecule has 1 aliphatic rings. The minimum absolute atomic E-state index is 0.362. The molecule has 1 N–H and O–H groups in total. The lowest BCUT2D eigenvalue weighted by molar-refractivity contribution is -0.141. The molecule has 0 bridgehead atoms. The van der Waals surface area contributed by atoms with Crippen LogP contribution in [0, 0.1) is 5.92 Å². The number of imidazole rings is 1. The lowest BCUT2D eigenvalue weighted by atomic mass is 9.99. The summed E-state index contributed by atoms with van der Waals surface area (Å²) in [6.07, 6.45) is 6.77. The van der Waals surface area contributed by atoms with Crippen molar-refractivity contribution in [1.29, 1.82) is 0 Å². The molecule has 1 aromatic carbocycles. The molecule has 1 saturated carbocycles. The smallest absolute Gasteiger partial charge is 0.306 e. The van der Waals surface area contributed by atoms with Crippen molar-refractivity contribution in [3.8, 4) is 11.3 Å². The molecule has 0 radical (unpaired) electrons. The number of benzene rings is 1. The molecule has 4 nitrogen and oxygen atoms in total.